The Morgan fingerprint density at radius 2 is 2.33 bits per heavy atom. The van der Waals surface area contributed by atoms with Crippen LogP contribution in [0.2, 0.25) is 0 Å². The average molecular weight is 211 g/mol. The summed E-state index contributed by atoms with van der Waals surface area (Å²) < 4.78 is 10.4. The van der Waals surface area contributed by atoms with E-state index in [1.54, 1.807) is 12.1 Å². The van der Waals surface area contributed by atoms with E-state index in [-0.39, 0.29) is 12.0 Å². The topological polar surface area (TPSA) is 68.7 Å². The Labute approximate surface area is 87.7 Å². The number of aliphatic carboxylic acids is 1. The number of nitrogens with zero attached hydrogens (tertiary/aromatic N) is 1. The third-order valence-corrected chi connectivity index (χ3v) is 1.43. The van der Waals surface area contributed by atoms with Gasteiger partial charge in [0, 0.05) is 6.20 Å². The Bertz CT molecular complexity index is 338. The summed E-state index contributed by atoms with van der Waals surface area (Å²) in [5.41, 5.74) is 0. The molecule has 0 spiro atoms. The van der Waals surface area contributed by atoms with Gasteiger partial charge in [-0.25, -0.2) is 9.78 Å². The summed E-state index contributed by atoms with van der Waals surface area (Å²) in [7, 11) is 0. The number of carbonyl (C=O) groups is 1. The first-order valence-electron chi connectivity index (χ1n) is 4.56. The van der Waals surface area contributed by atoms with Crippen molar-refractivity contribution in [2.75, 3.05) is 6.61 Å². The summed E-state index contributed by atoms with van der Waals surface area (Å²) >= 11 is 0. The van der Waals surface area contributed by atoms with E-state index in [9.17, 15) is 4.79 Å². The van der Waals surface area contributed by atoms with Crippen molar-refractivity contribution >= 4 is 5.97 Å². The molecule has 1 aromatic heterocycles. The fourth-order valence-corrected chi connectivity index (χ4v) is 0.958. The van der Waals surface area contributed by atoms with Crippen LogP contribution < -0.4 is 9.47 Å². The molecule has 0 fully saturated rings. The smallest absolute Gasteiger partial charge is 0.341 e. The summed E-state index contributed by atoms with van der Waals surface area (Å²) in [4.78, 5) is 14.2. The fourth-order valence-electron chi connectivity index (χ4n) is 0.958. The number of rotatable bonds is 5. The molecule has 0 aliphatic carbocycles. The van der Waals surface area contributed by atoms with E-state index in [0.717, 1.165) is 0 Å². The molecule has 0 amide bonds. The Morgan fingerprint density at radius 3 is 2.93 bits per heavy atom. The second-order valence-corrected chi connectivity index (χ2v) is 3.16. The third-order valence-electron chi connectivity index (χ3n) is 1.43. The van der Waals surface area contributed by atoms with E-state index in [1.165, 1.54) is 6.20 Å². The molecule has 0 atom stereocenters. The van der Waals surface area contributed by atoms with Crippen LogP contribution in [0.25, 0.3) is 0 Å². The number of carboxylic acid groups (broad SMARTS) is 1. The van der Waals surface area contributed by atoms with E-state index in [0.29, 0.717) is 5.75 Å². The van der Waals surface area contributed by atoms with Gasteiger partial charge in [-0.05, 0) is 26.0 Å². The van der Waals surface area contributed by atoms with Gasteiger partial charge in [0.15, 0.2) is 12.4 Å². The number of ether oxygens (including phenoxy) is 2. The van der Waals surface area contributed by atoms with E-state index in [1.807, 2.05) is 13.8 Å². The lowest BCUT2D eigenvalue weighted by molar-refractivity contribution is -0.139. The molecule has 0 saturated heterocycles. The Hall–Kier alpha value is -1.78. The molecule has 15 heavy (non-hydrogen) atoms. The van der Waals surface area contributed by atoms with Crippen molar-refractivity contribution in [3.63, 3.8) is 0 Å². The number of pyridine rings is 1. The van der Waals surface area contributed by atoms with Gasteiger partial charge in [0.05, 0.1) is 6.10 Å². The summed E-state index contributed by atoms with van der Waals surface area (Å²) in [6, 6.07) is 3.38. The lowest BCUT2D eigenvalue weighted by Crippen LogP contribution is -2.12. The lowest BCUT2D eigenvalue weighted by Gasteiger charge is -2.12. The van der Waals surface area contributed by atoms with Crippen molar-refractivity contribution in [2.24, 2.45) is 0 Å². The second kappa shape index (κ2) is 5.19. The van der Waals surface area contributed by atoms with Crippen molar-refractivity contribution < 1.29 is 19.4 Å². The van der Waals surface area contributed by atoms with Gasteiger partial charge in [-0.3, -0.25) is 0 Å². The number of hydrogen-bond donors (Lipinski definition) is 1. The highest BCUT2D eigenvalue weighted by Crippen LogP contribution is 2.24. The summed E-state index contributed by atoms with van der Waals surface area (Å²) in [6.45, 7) is 3.31. The fraction of sp³-hybridized carbons (Fsp3) is 0.400. The molecule has 1 heterocycles. The zero-order valence-corrected chi connectivity index (χ0v) is 8.64. The van der Waals surface area contributed by atoms with Gasteiger partial charge in [0.25, 0.3) is 5.88 Å². The summed E-state index contributed by atoms with van der Waals surface area (Å²) in [5.74, 6) is -0.390. The van der Waals surface area contributed by atoms with E-state index in [4.69, 9.17) is 14.6 Å². The maximum absolute atomic E-state index is 10.3. The molecule has 0 aliphatic rings. The van der Waals surface area contributed by atoms with Crippen LogP contribution in [0.1, 0.15) is 13.8 Å². The monoisotopic (exact) mass is 211 g/mol. The van der Waals surface area contributed by atoms with Gasteiger partial charge >= 0.3 is 5.97 Å². The Balaban J connectivity index is 2.72. The maximum atomic E-state index is 10.3. The van der Waals surface area contributed by atoms with Gasteiger partial charge < -0.3 is 14.6 Å². The zero-order valence-electron chi connectivity index (χ0n) is 8.64. The minimum absolute atomic E-state index is 0.0126. The highest BCUT2D eigenvalue weighted by Gasteiger charge is 2.09. The van der Waals surface area contributed by atoms with Crippen molar-refractivity contribution in [1.29, 1.82) is 0 Å². The standard InChI is InChI=1S/C10H13NO4/c1-7(2)15-8-4-3-5-11-10(8)14-6-9(12)13/h3-5,7H,6H2,1-2H3,(H,12,13). The van der Waals surface area contributed by atoms with Gasteiger partial charge in [-0.1, -0.05) is 0 Å². The minimum Gasteiger partial charge on any atom is -0.485 e. The van der Waals surface area contributed by atoms with Crippen molar-refractivity contribution in [2.45, 2.75) is 20.0 Å². The van der Waals surface area contributed by atoms with Crippen molar-refractivity contribution in [3.8, 4) is 11.6 Å². The predicted molar refractivity (Wildman–Crippen MR) is 53.1 cm³/mol. The highest BCUT2D eigenvalue weighted by atomic mass is 16.5. The van der Waals surface area contributed by atoms with Crippen molar-refractivity contribution in [1.82, 2.24) is 4.98 Å². The molecule has 1 N–H and O–H groups in total. The molecule has 82 valence electrons. The van der Waals surface area contributed by atoms with Crippen LogP contribution in [-0.2, 0) is 4.79 Å². The van der Waals surface area contributed by atoms with Crippen LogP contribution in [0.5, 0.6) is 11.6 Å². The second-order valence-electron chi connectivity index (χ2n) is 3.16. The Kier molecular flexibility index (Phi) is 3.91. The normalized spacial score (nSPS) is 10.1. The first-order chi connectivity index (χ1) is 7.09. The van der Waals surface area contributed by atoms with Crippen LogP contribution in [-0.4, -0.2) is 28.8 Å². The molecule has 0 aliphatic heterocycles. The van der Waals surface area contributed by atoms with E-state index >= 15 is 0 Å². The Morgan fingerprint density at radius 1 is 1.60 bits per heavy atom. The molecular formula is C10H13NO4. The minimum atomic E-state index is -1.05. The van der Waals surface area contributed by atoms with Gasteiger partial charge in [0.2, 0.25) is 0 Å². The third kappa shape index (κ3) is 3.84. The van der Waals surface area contributed by atoms with Crippen LogP contribution >= 0.6 is 0 Å². The lowest BCUT2D eigenvalue weighted by atomic mass is 10.4. The van der Waals surface area contributed by atoms with Crippen molar-refractivity contribution in [3.05, 3.63) is 18.3 Å². The molecule has 5 heteroatoms. The highest BCUT2D eigenvalue weighted by molar-refractivity contribution is 5.68. The molecule has 1 aromatic rings. The zero-order chi connectivity index (χ0) is 11.3. The largest absolute Gasteiger partial charge is 0.485 e. The van der Waals surface area contributed by atoms with Crippen LogP contribution in [0.15, 0.2) is 18.3 Å². The van der Waals surface area contributed by atoms with Crippen LogP contribution in [0.3, 0.4) is 0 Å². The molecule has 1 rings (SSSR count). The summed E-state index contributed by atoms with van der Waals surface area (Å²) in [5, 5.41) is 8.45. The number of hydrogen-bond acceptors (Lipinski definition) is 4. The molecule has 0 bridgehead atoms. The molecule has 0 saturated carbocycles. The predicted octanol–water partition coefficient (Wildman–Crippen LogP) is 1.33. The molecular weight excluding hydrogens is 198 g/mol. The van der Waals surface area contributed by atoms with Crippen LogP contribution in [0, 0.1) is 0 Å². The first-order valence-corrected chi connectivity index (χ1v) is 4.56. The number of aromatic nitrogens is 1. The van der Waals surface area contributed by atoms with Gasteiger partial charge in [0.1, 0.15) is 0 Å². The first kappa shape index (κ1) is 11.3. The number of carboxylic acids is 1. The molecule has 5 nitrogen and oxygen atoms in total. The SMILES string of the molecule is CC(C)Oc1cccnc1OCC(=O)O. The van der Waals surface area contributed by atoms with Crippen LogP contribution in [0.4, 0.5) is 0 Å². The van der Waals surface area contributed by atoms with Gasteiger partial charge in [-0.2, -0.15) is 0 Å². The molecule has 0 radical (unpaired) electrons. The van der Waals surface area contributed by atoms with E-state index < -0.39 is 12.6 Å². The van der Waals surface area contributed by atoms with Gasteiger partial charge in [-0.15, -0.1) is 0 Å². The molecule has 0 aromatic carbocycles. The van der Waals surface area contributed by atoms with E-state index in [2.05, 4.69) is 4.98 Å². The summed E-state index contributed by atoms with van der Waals surface area (Å²) in [6.07, 6.45) is 1.51. The maximum Gasteiger partial charge on any atom is 0.341 e. The molecule has 0 unspecified atom stereocenters. The average Bonchev–Trinajstić information content (AvgIpc) is 2.15. The quantitative estimate of drug-likeness (QED) is 0.795.